The number of para-hydroxylation sites is 1. The predicted octanol–water partition coefficient (Wildman–Crippen LogP) is 3.22. The topological polar surface area (TPSA) is 29.1 Å². The second kappa shape index (κ2) is 4.65. The summed E-state index contributed by atoms with van der Waals surface area (Å²) >= 11 is 0. The van der Waals surface area contributed by atoms with Gasteiger partial charge < -0.3 is 5.32 Å². The Bertz CT molecular complexity index is 413. The molecule has 3 heteroatoms. The van der Waals surface area contributed by atoms with Crippen LogP contribution in [0.15, 0.2) is 24.3 Å². The Morgan fingerprint density at radius 2 is 1.65 bits per heavy atom. The Kier molecular flexibility index (Phi) is 3.82. The van der Waals surface area contributed by atoms with Crippen molar-refractivity contribution in [3.05, 3.63) is 24.3 Å². The van der Waals surface area contributed by atoms with Gasteiger partial charge in [-0.05, 0) is 11.3 Å². The molecule has 0 fully saturated rings. The lowest BCUT2D eigenvalue weighted by Crippen LogP contribution is -2.41. The van der Waals surface area contributed by atoms with Crippen LogP contribution >= 0.6 is 0 Å². The molecule has 0 aliphatic carbocycles. The fourth-order valence-corrected chi connectivity index (χ4v) is 3.11. The molecule has 0 bridgehead atoms. The second-order valence-electron chi connectivity index (χ2n) is 6.50. The van der Waals surface area contributed by atoms with E-state index in [4.69, 9.17) is 0 Å². The Morgan fingerprint density at radius 1 is 1.12 bits per heavy atom. The summed E-state index contributed by atoms with van der Waals surface area (Å²) < 4.78 is 0. The van der Waals surface area contributed by atoms with Crippen LogP contribution in [0, 0.1) is 5.41 Å². The van der Waals surface area contributed by atoms with Gasteiger partial charge in [-0.1, -0.05) is 58.6 Å². The lowest BCUT2D eigenvalue weighted by molar-refractivity contribution is -0.123. The average molecular weight is 249 g/mol. The minimum Gasteiger partial charge on any atom is -0.326 e. The molecule has 0 radical (unpaired) electrons. The van der Waals surface area contributed by atoms with Crippen LogP contribution in [0.3, 0.4) is 0 Å². The van der Waals surface area contributed by atoms with Crippen molar-refractivity contribution in [3.8, 4) is 0 Å². The van der Waals surface area contributed by atoms with Crippen molar-refractivity contribution in [2.75, 3.05) is 5.32 Å². The van der Waals surface area contributed by atoms with E-state index in [2.05, 4.69) is 31.0 Å². The third-order valence-corrected chi connectivity index (χ3v) is 4.72. The van der Waals surface area contributed by atoms with E-state index in [1.165, 1.54) is 5.19 Å². The third kappa shape index (κ3) is 3.70. The Labute approximate surface area is 105 Å². The second-order valence-corrected chi connectivity index (χ2v) is 11.5. The molecule has 2 nitrogen and oxygen atoms in total. The first kappa shape index (κ1) is 14.0. The maximum atomic E-state index is 12.0. The molecule has 1 aromatic carbocycles. The summed E-state index contributed by atoms with van der Waals surface area (Å²) in [5.74, 6) is 0.0724. The lowest BCUT2D eigenvalue weighted by atomic mass is 9.95. The molecule has 0 atom stereocenters. The van der Waals surface area contributed by atoms with Crippen LogP contribution < -0.4 is 10.5 Å². The monoisotopic (exact) mass is 249 g/mol. The maximum absolute atomic E-state index is 12.0. The summed E-state index contributed by atoms with van der Waals surface area (Å²) in [5, 5.41) is 4.36. The smallest absolute Gasteiger partial charge is 0.229 e. The van der Waals surface area contributed by atoms with Crippen molar-refractivity contribution in [1.29, 1.82) is 0 Å². The van der Waals surface area contributed by atoms with Crippen molar-refractivity contribution < 1.29 is 4.79 Å². The van der Waals surface area contributed by atoms with Gasteiger partial charge in [0.2, 0.25) is 5.91 Å². The number of hydrogen-bond acceptors (Lipinski definition) is 1. The number of carbonyl (C=O) groups is 1. The van der Waals surface area contributed by atoms with Crippen LogP contribution in [-0.4, -0.2) is 14.0 Å². The molecule has 0 aliphatic heterocycles. The number of carbonyl (C=O) groups excluding carboxylic acids is 1. The molecular formula is C14H23NOSi. The average Bonchev–Trinajstić information content (AvgIpc) is 2.15. The van der Waals surface area contributed by atoms with Crippen LogP contribution in [0.25, 0.3) is 0 Å². The molecule has 0 spiro atoms. The van der Waals surface area contributed by atoms with Crippen LogP contribution in [-0.2, 0) is 4.79 Å². The summed E-state index contributed by atoms with van der Waals surface area (Å²) in [6.07, 6.45) is 0. The van der Waals surface area contributed by atoms with Gasteiger partial charge in [0.25, 0.3) is 0 Å². The van der Waals surface area contributed by atoms with Crippen molar-refractivity contribution in [2.45, 2.75) is 40.4 Å². The Balaban J connectivity index is 3.04. The lowest BCUT2D eigenvalue weighted by Gasteiger charge is -2.24. The number of hydrogen-bond donors (Lipinski definition) is 1. The SMILES string of the molecule is CC(C)(C)C(=O)Nc1ccccc1[Si](C)(C)C. The molecule has 0 saturated carbocycles. The Hall–Kier alpha value is -1.09. The summed E-state index contributed by atoms with van der Waals surface area (Å²) in [6.45, 7) is 12.7. The molecule has 0 aromatic heterocycles. The van der Waals surface area contributed by atoms with Gasteiger partial charge in [0, 0.05) is 11.1 Å². The van der Waals surface area contributed by atoms with Gasteiger partial charge in [0.15, 0.2) is 0 Å². The van der Waals surface area contributed by atoms with Gasteiger partial charge in [-0.2, -0.15) is 0 Å². The molecular weight excluding hydrogens is 226 g/mol. The van der Waals surface area contributed by atoms with E-state index < -0.39 is 8.07 Å². The minimum atomic E-state index is -1.42. The number of benzene rings is 1. The third-order valence-electron chi connectivity index (χ3n) is 2.66. The zero-order chi connectivity index (χ0) is 13.3. The van der Waals surface area contributed by atoms with Gasteiger partial charge in [-0.3, -0.25) is 4.79 Å². The molecule has 1 N–H and O–H groups in total. The number of rotatable bonds is 2. The van der Waals surface area contributed by atoms with E-state index in [9.17, 15) is 4.79 Å². The van der Waals surface area contributed by atoms with E-state index in [0.717, 1.165) is 5.69 Å². The normalized spacial score (nSPS) is 12.4. The highest BCUT2D eigenvalue weighted by atomic mass is 28.3. The quantitative estimate of drug-likeness (QED) is 0.801. The zero-order valence-electron chi connectivity index (χ0n) is 11.7. The molecule has 0 unspecified atom stereocenters. The first-order valence-electron chi connectivity index (χ1n) is 6.03. The van der Waals surface area contributed by atoms with Crippen molar-refractivity contribution in [2.24, 2.45) is 5.41 Å². The number of anilines is 1. The van der Waals surface area contributed by atoms with Gasteiger partial charge >= 0.3 is 0 Å². The van der Waals surface area contributed by atoms with E-state index >= 15 is 0 Å². The predicted molar refractivity (Wildman–Crippen MR) is 77.5 cm³/mol. The maximum Gasteiger partial charge on any atom is 0.229 e. The highest BCUT2D eigenvalue weighted by molar-refractivity contribution is 6.89. The van der Waals surface area contributed by atoms with E-state index in [1.54, 1.807) is 0 Å². The van der Waals surface area contributed by atoms with E-state index in [-0.39, 0.29) is 11.3 Å². The Morgan fingerprint density at radius 3 is 2.12 bits per heavy atom. The molecule has 17 heavy (non-hydrogen) atoms. The fraction of sp³-hybridized carbons (Fsp3) is 0.500. The summed E-state index contributed by atoms with van der Waals surface area (Å²) in [6, 6.07) is 8.14. The fourth-order valence-electron chi connectivity index (χ4n) is 1.56. The summed E-state index contributed by atoms with van der Waals surface area (Å²) in [7, 11) is -1.42. The highest BCUT2D eigenvalue weighted by Gasteiger charge is 2.25. The van der Waals surface area contributed by atoms with Crippen LogP contribution in [0.2, 0.25) is 19.6 Å². The van der Waals surface area contributed by atoms with Crippen LogP contribution in [0.1, 0.15) is 20.8 Å². The van der Waals surface area contributed by atoms with Gasteiger partial charge in [0.1, 0.15) is 0 Å². The van der Waals surface area contributed by atoms with Crippen LogP contribution in [0.4, 0.5) is 5.69 Å². The largest absolute Gasteiger partial charge is 0.326 e. The first-order chi connectivity index (χ1) is 7.62. The van der Waals surface area contributed by atoms with Crippen molar-refractivity contribution >= 4 is 24.9 Å². The molecule has 94 valence electrons. The van der Waals surface area contributed by atoms with Crippen LogP contribution in [0.5, 0.6) is 0 Å². The molecule has 1 rings (SSSR count). The molecule has 1 amide bonds. The zero-order valence-corrected chi connectivity index (χ0v) is 12.7. The van der Waals surface area contributed by atoms with Gasteiger partial charge in [-0.25, -0.2) is 0 Å². The summed E-state index contributed by atoms with van der Waals surface area (Å²) in [5.41, 5.74) is 0.624. The number of amides is 1. The summed E-state index contributed by atoms with van der Waals surface area (Å²) in [4.78, 5) is 12.0. The van der Waals surface area contributed by atoms with E-state index in [0.29, 0.717) is 0 Å². The van der Waals surface area contributed by atoms with Gasteiger partial charge in [0.05, 0.1) is 8.07 Å². The minimum absolute atomic E-state index is 0.0724. The van der Waals surface area contributed by atoms with E-state index in [1.807, 2.05) is 39.0 Å². The molecule has 1 aromatic rings. The first-order valence-corrected chi connectivity index (χ1v) is 9.53. The molecule has 0 heterocycles. The van der Waals surface area contributed by atoms with Crippen molar-refractivity contribution in [3.63, 3.8) is 0 Å². The standard InChI is InChI=1S/C14H23NOSi/c1-14(2,3)13(16)15-11-9-7-8-10-12(11)17(4,5)6/h7-10H,1-6H3,(H,15,16). The molecule has 0 saturated heterocycles. The van der Waals surface area contributed by atoms with Crippen molar-refractivity contribution in [1.82, 2.24) is 0 Å². The highest BCUT2D eigenvalue weighted by Crippen LogP contribution is 2.18. The number of nitrogens with one attached hydrogen (secondary N) is 1. The van der Waals surface area contributed by atoms with Gasteiger partial charge in [-0.15, -0.1) is 0 Å². The molecule has 0 aliphatic rings.